The van der Waals surface area contributed by atoms with Gasteiger partial charge in [0.1, 0.15) is 35.4 Å². The van der Waals surface area contributed by atoms with Gasteiger partial charge < -0.3 is 56.1 Å². The number of likely N-dealkylation sites (N-methyl/N-ethyl adjacent to an activating group) is 2. The van der Waals surface area contributed by atoms with Crippen molar-refractivity contribution in [3.63, 3.8) is 0 Å². The van der Waals surface area contributed by atoms with Crippen LogP contribution in [0.1, 0.15) is 153 Å². The molecule has 0 aromatic carbocycles. The molecule has 1 fully saturated rings. The number of amides is 7. The van der Waals surface area contributed by atoms with Crippen LogP contribution in [0.2, 0.25) is 0 Å². The highest BCUT2D eigenvalue weighted by Gasteiger charge is 2.39. The van der Waals surface area contributed by atoms with Crippen molar-refractivity contribution in [1.82, 2.24) is 36.8 Å². The molecule has 6 atom stereocenters. The van der Waals surface area contributed by atoms with Crippen molar-refractivity contribution in [3.8, 4) is 0 Å². The molecule has 0 bridgehead atoms. The van der Waals surface area contributed by atoms with E-state index >= 15 is 0 Å². The Hall–Kier alpha value is -4.19. The summed E-state index contributed by atoms with van der Waals surface area (Å²) in [6.07, 6.45) is 6.52. The highest BCUT2D eigenvalue weighted by Crippen LogP contribution is 2.27. The summed E-state index contributed by atoms with van der Waals surface area (Å²) in [6, 6.07) is -4.71. The Labute approximate surface area is 382 Å². The molecule has 18 nitrogen and oxygen atoms in total. The largest absolute Gasteiger partial charge is 0.444 e. The van der Waals surface area contributed by atoms with E-state index < -0.39 is 89.8 Å². The topological polar surface area (TPSA) is 243 Å². The van der Waals surface area contributed by atoms with Gasteiger partial charge in [0.2, 0.25) is 29.5 Å². The number of ether oxygens (including phenoxy) is 3. The van der Waals surface area contributed by atoms with Gasteiger partial charge in [-0.15, -0.1) is 0 Å². The minimum absolute atomic E-state index is 0.00929. The van der Waals surface area contributed by atoms with Crippen molar-refractivity contribution in [3.05, 3.63) is 0 Å². The second-order valence-electron chi connectivity index (χ2n) is 19.4. The van der Waals surface area contributed by atoms with Crippen molar-refractivity contribution in [2.75, 3.05) is 39.9 Å². The molecule has 1 aliphatic rings. The Kier molecular flexibility index (Phi) is 26.5. The standard InChI is InChI=1S/C46H85N7O11/c1-13-15-16-20-24-36(54)31(5)42(59)53(12)35(27-30(3)4)40(57)52-37(32-22-18-17-19-23-32)41(58)50-33(28-49-44(61)64-46(9,10)11)39(56)51-34(38(55)47-14-2)29-62-26-21-25-48-43(60)63-45(6,7)8/h30-37,54H,13-29H2,1-12H3,(H,47,55)(H,48,60)(H,49,61)(H,50,58)(H,51,56)(H,52,57)/t31-,33+,34+,35+,36-,37+/m1/s1. The van der Waals surface area contributed by atoms with Gasteiger partial charge >= 0.3 is 12.2 Å². The van der Waals surface area contributed by atoms with E-state index in [0.29, 0.717) is 32.1 Å². The predicted molar refractivity (Wildman–Crippen MR) is 245 cm³/mol. The van der Waals surface area contributed by atoms with E-state index in [1.807, 2.05) is 13.8 Å². The van der Waals surface area contributed by atoms with Gasteiger partial charge in [-0.25, -0.2) is 9.59 Å². The number of alkyl carbamates (subject to hydrolysis) is 2. The van der Waals surface area contributed by atoms with Crippen LogP contribution in [0.25, 0.3) is 0 Å². The SMILES string of the molecule is CCCCCC[C@@H](O)[C@@H](C)C(=O)N(C)[C@@H](CC(C)C)C(=O)N[C@H](C(=O)N[C@@H](CNC(=O)OC(C)(C)C)C(=O)N[C@@H](COCCCNC(=O)OC(C)(C)C)C(=O)NCC)C1CCCCC1. The number of carbonyl (C=O) groups is 7. The molecule has 0 aliphatic heterocycles. The van der Waals surface area contributed by atoms with Crippen LogP contribution in [0, 0.1) is 17.8 Å². The van der Waals surface area contributed by atoms with E-state index in [2.05, 4.69) is 38.8 Å². The van der Waals surface area contributed by atoms with Crippen LogP contribution in [0.3, 0.4) is 0 Å². The molecule has 0 saturated heterocycles. The number of carbonyl (C=O) groups excluding carboxylic acids is 7. The highest BCUT2D eigenvalue weighted by atomic mass is 16.6. The third kappa shape index (κ3) is 23.7. The van der Waals surface area contributed by atoms with Gasteiger partial charge in [-0.1, -0.05) is 72.6 Å². The third-order valence-corrected chi connectivity index (χ3v) is 10.7. The Balaban J connectivity index is 3.38. The number of aliphatic hydroxyl groups excluding tert-OH is 1. The molecule has 0 spiro atoms. The summed E-state index contributed by atoms with van der Waals surface area (Å²) in [5.74, 6) is -4.02. The van der Waals surface area contributed by atoms with Gasteiger partial charge in [-0.2, -0.15) is 0 Å². The van der Waals surface area contributed by atoms with Gasteiger partial charge in [0, 0.05) is 26.7 Å². The summed E-state index contributed by atoms with van der Waals surface area (Å²) in [5, 5.41) is 27.1. The Morgan fingerprint density at radius 1 is 0.703 bits per heavy atom. The minimum Gasteiger partial charge on any atom is -0.444 e. The Morgan fingerprint density at radius 3 is 1.86 bits per heavy atom. The molecule has 0 radical (unpaired) electrons. The van der Waals surface area contributed by atoms with Crippen molar-refractivity contribution in [2.24, 2.45) is 17.8 Å². The van der Waals surface area contributed by atoms with Gasteiger partial charge in [0.25, 0.3) is 0 Å². The molecular weight excluding hydrogens is 827 g/mol. The third-order valence-electron chi connectivity index (χ3n) is 10.7. The lowest BCUT2D eigenvalue weighted by molar-refractivity contribution is -0.146. The normalized spacial score (nSPS) is 16.2. The molecular formula is C46H85N7O11. The van der Waals surface area contributed by atoms with E-state index in [4.69, 9.17) is 14.2 Å². The van der Waals surface area contributed by atoms with Crippen molar-refractivity contribution in [1.29, 1.82) is 0 Å². The van der Waals surface area contributed by atoms with E-state index in [1.54, 1.807) is 62.4 Å². The van der Waals surface area contributed by atoms with Crippen LogP contribution in [0.5, 0.6) is 0 Å². The number of aliphatic hydroxyl groups is 1. The monoisotopic (exact) mass is 912 g/mol. The smallest absolute Gasteiger partial charge is 0.407 e. The average Bonchev–Trinajstić information content (AvgIpc) is 3.20. The van der Waals surface area contributed by atoms with Gasteiger partial charge in [0.15, 0.2) is 0 Å². The first-order valence-corrected chi connectivity index (χ1v) is 23.6. The summed E-state index contributed by atoms with van der Waals surface area (Å²) in [4.78, 5) is 96.0. The second-order valence-corrected chi connectivity index (χ2v) is 19.4. The molecule has 370 valence electrons. The molecule has 18 heteroatoms. The van der Waals surface area contributed by atoms with Gasteiger partial charge in [-0.3, -0.25) is 24.0 Å². The lowest BCUT2D eigenvalue weighted by atomic mass is 9.83. The fraction of sp³-hybridized carbons (Fsp3) is 0.848. The first kappa shape index (κ1) is 57.8. The lowest BCUT2D eigenvalue weighted by Crippen LogP contribution is -2.62. The molecule has 1 aliphatic carbocycles. The van der Waals surface area contributed by atoms with Crippen molar-refractivity contribution < 1.29 is 52.9 Å². The fourth-order valence-corrected chi connectivity index (χ4v) is 7.27. The number of nitrogens with one attached hydrogen (secondary N) is 6. The maximum atomic E-state index is 14.5. The van der Waals surface area contributed by atoms with Crippen LogP contribution in [-0.2, 0) is 38.2 Å². The van der Waals surface area contributed by atoms with Crippen LogP contribution in [-0.4, -0.2) is 133 Å². The molecule has 7 N–H and O–H groups in total. The van der Waals surface area contributed by atoms with Crippen molar-refractivity contribution >= 4 is 41.7 Å². The number of nitrogens with zero attached hydrogens (tertiary/aromatic N) is 1. The van der Waals surface area contributed by atoms with Crippen LogP contribution in [0.4, 0.5) is 9.59 Å². The van der Waals surface area contributed by atoms with Crippen LogP contribution >= 0.6 is 0 Å². The quantitative estimate of drug-likeness (QED) is 0.0568. The molecule has 0 unspecified atom stereocenters. The zero-order valence-electron chi connectivity index (χ0n) is 41.1. The fourth-order valence-electron chi connectivity index (χ4n) is 7.27. The summed E-state index contributed by atoms with van der Waals surface area (Å²) >= 11 is 0. The van der Waals surface area contributed by atoms with Gasteiger partial charge in [-0.05, 0) is 92.4 Å². The summed E-state index contributed by atoms with van der Waals surface area (Å²) in [5.41, 5.74) is -1.52. The second kappa shape index (κ2) is 29.4. The molecule has 1 rings (SSSR count). The Morgan fingerprint density at radius 2 is 1.30 bits per heavy atom. The number of hydrogen-bond donors (Lipinski definition) is 7. The van der Waals surface area contributed by atoms with Crippen LogP contribution in [0.15, 0.2) is 0 Å². The van der Waals surface area contributed by atoms with Gasteiger partial charge in [0.05, 0.1) is 25.2 Å². The molecule has 64 heavy (non-hydrogen) atoms. The highest BCUT2D eigenvalue weighted by molar-refractivity contribution is 5.96. The first-order chi connectivity index (χ1) is 29.9. The van der Waals surface area contributed by atoms with E-state index in [1.165, 1.54) is 4.90 Å². The maximum Gasteiger partial charge on any atom is 0.407 e. The molecule has 7 amide bonds. The van der Waals surface area contributed by atoms with Crippen LogP contribution < -0.4 is 31.9 Å². The molecule has 0 aromatic heterocycles. The number of unbranched alkanes of at least 4 members (excludes halogenated alkanes) is 3. The van der Waals surface area contributed by atoms with E-state index in [9.17, 15) is 38.7 Å². The summed E-state index contributed by atoms with van der Waals surface area (Å²) < 4.78 is 16.3. The molecule has 0 aromatic rings. The van der Waals surface area contributed by atoms with Crippen molar-refractivity contribution in [2.45, 2.75) is 195 Å². The average molecular weight is 912 g/mol. The summed E-state index contributed by atoms with van der Waals surface area (Å²) in [6.45, 7) is 19.6. The summed E-state index contributed by atoms with van der Waals surface area (Å²) in [7, 11) is 1.55. The number of rotatable bonds is 27. The zero-order valence-corrected chi connectivity index (χ0v) is 41.1. The zero-order chi connectivity index (χ0) is 48.6. The number of hydrogen-bond acceptors (Lipinski definition) is 11. The first-order valence-electron chi connectivity index (χ1n) is 23.6. The predicted octanol–water partition coefficient (Wildman–Crippen LogP) is 4.45. The minimum atomic E-state index is -1.44. The molecule has 1 saturated carbocycles. The molecule has 0 heterocycles. The lowest BCUT2D eigenvalue weighted by Gasteiger charge is -2.35. The van der Waals surface area contributed by atoms with E-state index in [-0.39, 0.29) is 44.0 Å². The maximum absolute atomic E-state index is 14.5. The Bertz CT molecular complexity index is 1460. The van der Waals surface area contributed by atoms with E-state index in [0.717, 1.165) is 44.9 Å².